The van der Waals surface area contributed by atoms with Gasteiger partial charge < -0.3 is 14.5 Å². The van der Waals surface area contributed by atoms with Gasteiger partial charge in [-0.1, -0.05) is 13.8 Å². The van der Waals surface area contributed by atoms with Gasteiger partial charge in [0.25, 0.3) is 5.91 Å². The zero-order valence-corrected chi connectivity index (χ0v) is 21.2. The van der Waals surface area contributed by atoms with E-state index >= 15 is 0 Å². The van der Waals surface area contributed by atoms with Crippen LogP contribution < -0.4 is 9.64 Å². The molecular formula is C23H29FN2O6S2. The first kappa shape index (κ1) is 26.0. The summed E-state index contributed by atoms with van der Waals surface area (Å²) in [5.41, 5.74) is 0.706. The summed E-state index contributed by atoms with van der Waals surface area (Å²) in [4.78, 5) is 16.4. The number of sulfone groups is 2. The number of amides is 1. The molecule has 0 bridgehead atoms. The molecule has 0 spiro atoms. The van der Waals surface area contributed by atoms with Gasteiger partial charge in [0.05, 0.1) is 17.1 Å². The van der Waals surface area contributed by atoms with Crippen LogP contribution in [0.1, 0.15) is 24.2 Å². The standard InChI is InChI=1S/C23H29FN2O6S2/c1-16(2)15-32-21-7-6-18(33(3,28)29)14-19(21)23(27)26-11-9-25(10-12-26)17-5-8-22(20(24)13-17)34(4,30)31/h5-8,13-14,16H,9-12,15H2,1-4H3. The van der Waals surface area contributed by atoms with E-state index in [9.17, 15) is 26.0 Å². The topological polar surface area (TPSA) is 101 Å². The molecule has 2 aromatic rings. The van der Waals surface area contributed by atoms with Gasteiger partial charge in [0, 0.05) is 44.4 Å². The second kappa shape index (κ2) is 9.91. The number of hydrogen-bond donors (Lipinski definition) is 0. The molecule has 1 amide bonds. The summed E-state index contributed by atoms with van der Waals surface area (Å²) < 4.78 is 67.4. The van der Waals surface area contributed by atoms with Crippen molar-refractivity contribution in [3.63, 3.8) is 0 Å². The highest BCUT2D eigenvalue weighted by Crippen LogP contribution is 2.27. The van der Waals surface area contributed by atoms with Crippen LogP contribution in [-0.4, -0.2) is 72.9 Å². The number of carbonyl (C=O) groups excluding carboxylic acids is 1. The molecule has 3 rings (SSSR count). The van der Waals surface area contributed by atoms with Crippen molar-refractivity contribution in [3.05, 3.63) is 47.8 Å². The van der Waals surface area contributed by atoms with Crippen LogP contribution in [0.4, 0.5) is 10.1 Å². The van der Waals surface area contributed by atoms with Crippen molar-refractivity contribution in [3.8, 4) is 5.75 Å². The highest BCUT2D eigenvalue weighted by Gasteiger charge is 2.27. The van der Waals surface area contributed by atoms with Crippen LogP contribution >= 0.6 is 0 Å². The van der Waals surface area contributed by atoms with Gasteiger partial charge in [0.2, 0.25) is 0 Å². The number of anilines is 1. The first-order chi connectivity index (χ1) is 15.8. The average molecular weight is 513 g/mol. The molecule has 0 saturated carbocycles. The maximum atomic E-state index is 14.3. The highest BCUT2D eigenvalue weighted by atomic mass is 32.2. The quantitative estimate of drug-likeness (QED) is 0.562. The number of carbonyl (C=O) groups is 1. The van der Waals surface area contributed by atoms with Crippen molar-refractivity contribution >= 4 is 31.3 Å². The van der Waals surface area contributed by atoms with E-state index in [1.54, 1.807) is 11.0 Å². The molecule has 0 aromatic heterocycles. The summed E-state index contributed by atoms with van der Waals surface area (Å²) in [5.74, 6) is -0.618. The lowest BCUT2D eigenvalue weighted by Crippen LogP contribution is -2.49. The predicted molar refractivity (Wildman–Crippen MR) is 128 cm³/mol. The number of rotatable bonds is 7. The molecule has 0 unspecified atom stereocenters. The Hall–Kier alpha value is -2.66. The van der Waals surface area contributed by atoms with Crippen LogP contribution in [-0.2, 0) is 19.7 Å². The van der Waals surface area contributed by atoms with E-state index in [1.165, 1.54) is 30.3 Å². The maximum Gasteiger partial charge on any atom is 0.257 e. The third kappa shape index (κ3) is 6.06. The molecule has 0 aliphatic carbocycles. The Morgan fingerprint density at radius 1 is 0.971 bits per heavy atom. The smallest absolute Gasteiger partial charge is 0.257 e. The van der Waals surface area contributed by atoms with E-state index in [4.69, 9.17) is 4.74 Å². The fraction of sp³-hybridized carbons (Fsp3) is 0.435. The second-order valence-corrected chi connectivity index (χ2v) is 12.8. The molecular weight excluding hydrogens is 483 g/mol. The van der Waals surface area contributed by atoms with Crippen molar-refractivity contribution in [2.75, 3.05) is 50.2 Å². The monoisotopic (exact) mass is 512 g/mol. The van der Waals surface area contributed by atoms with Crippen LogP contribution in [0.2, 0.25) is 0 Å². The number of benzene rings is 2. The van der Waals surface area contributed by atoms with E-state index in [0.29, 0.717) is 44.2 Å². The molecule has 0 atom stereocenters. The normalized spacial score (nSPS) is 15.0. The Balaban J connectivity index is 1.79. The third-order valence-electron chi connectivity index (χ3n) is 5.43. The molecule has 0 N–H and O–H groups in total. The zero-order chi connectivity index (χ0) is 25.3. The molecule has 1 saturated heterocycles. The minimum absolute atomic E-state index is 0.0350. The van der Waals surface area contributed by atoms with Crippen molar-refractivity contribution in [2.45, 2.75) is 23.6 Å². The Bertz CT molecular complexity index is 1280. The van der Waals surface area contributed by atoms with Gasteiger partial charge in [0.15, 0.2) is 19.7 Å². The number of hydrogen-bond acceptors (Lipinski definition) is 7. The minimum atomic E-state index is -3.66. The van der Waals surface area contributed by atoms with Gasteiger partial charge in [-0.25, -0.2) is 21.2 Å². The fourth-order valence-electron chi connectivity index (χ4n) is 3.61. The zero-order valence-electron chi connectivity index (χ0n) is 19.6. The average Bonchev–Trinajstić information content (AvgIpc) is 2.75. The molecule has 1 fully saturated rings. The Labute approximate surface area is 200 Å². The molecule has 11 heteroatoms. The Morgan fingerprint density at radius 2 is 1.62 bits per heavy atom. The highest BCUT2D eigenvalue weighted by molar-refractivity contribution is 7.91. The second-order valence-electron chi connectivity index (χ2n) is 8.80. The first-order valence-corrected chi connectivity index (χ1v) is 14.6. The van der Waals surface area contributed by atoms with E-state index < -0.39 is 25.5 Å². The maximum absolute atomic E-state index is 14.3. The number of halogens is 1. The molecule has 1 aliphatic heterocycles. The van der Waals surface area contributed by atoms with Gasteiger partial charge in [-0.05, 0) is 42.3 Å². The summed E-state index contributed by atoms with van der Waals surface area (Å²) in [5, 5.41) is 0. The summed E-state index contributed by atoms with van der Waals surface area (Å²) in [6.45, 7) is 5.76. The van der Waals surface area contributed by atoms with E-state index in [0.717, 1.165) is 12.5 Å². The van der Waals surface area contributed by atoms with Crippen LogP contribution in [0.15, 0.2) is 46.2 Å². The fourth-order valence-corrected chi connectivity index (χ4v) is 4.99. The van der Waals surface area contributed by atoms with Gasteiger partial charge in [0.1, 0.15) is 16.5 Å². The lowest BCUT2D eigenvalue weighted by Gasteiger charge is -2.36. The van der Waals surface area contributed by atoms with Gasteiger partial charge in [-0.2, -0.15) is 0 Å². The molecule has 1 heterocycles. The largest absolute Gasteiger partial charge is 0.492 e. The van der Waals surface area contributed by atoms with E-state index in [2.05, 4.69) is 0 Å². The Kier molecular flexibility index (Phi) is 7.56. The number of piperazine rings is 1. The number of ether oxygens (including phenoxy) is 1. The van der Waals surface area contributed by atoms with Crippen LogP contribution in [0, 0.1) is 11.7 Å². The Morgan fingerprint density at radius 3 is 2.15 bits per heavy atom. The first-order valence-electron chi connectivity index (χ1n) is 10.8. The van der Waals surface area contributed by atoms with Crippen molar-refractivity contribution < 1.29 is 30.8 Å². The van der Waals surface area contributed by atoms with Gasteiger partial charge >= 0.3 is 0 Å². The van der Waals surface area contributed by atoms with Crippen molar-refractivity contribution in [1.82, 2.24) is 4.90 Å². The van der Waals surface area contributed by atoms with E-state index in [-0.39, 0.29) is 27.2 Å². The lowest BCUT2D eigenvalue weighted by atomic mass is 10.1. The SMILES string of the molecule is CC(C)COc1ccc(S(C)(=O)=O)cc1C(=O)N1CCN(c2ccc(S(C)(=O)=O)c(F)c2)CC1. The molecule has 0 radical (unpaired) electrons. The predicted octanol–water partition coefficient (Wildman–Crippen LogP) is 2.63. The molecule has 1 aliphatic rings. The molecule has 2 aromatic carbocycles. The molecule has 8 nitrogen and oxygen atoms in total. The van der Waals surface area contributed by atoms with Crippen molar-refractivity contribution in [1.29, 1.82) is 0 Å². The van der Waals surface area contributed by atoms with Gasteiger partial charge in [-0.3, -0.25) is 4.79 Å². The summed E-state index contributed by atoms with van der Waals surface area (Å²) in [6, 6.07) is 8.25. The summed E-state index contributed by atoms with van der Waals surface area (Å²) >= 11 is 0. The van der Waals surface area contributed by atoms with Crippen LogP contribution in [0.25, 0.3) is 0 Å². The number of nitrogens with zero attached hydrogens (tertiary/aromatic N) is 2. The minimum Gasteiger partial charge on any atom is -0.492 e. The summed E-state index contributed by atoms with van der Waals surface area (Å²) in [7, 11) is -7.17. The van der Waals surface area contributed by atoms with Gasteiger partial charge in [-0.15, -0.1) is 0 Å². The molecule has 34 heavy (non-hydrogen) atoms. The van der Waals surface area contributed by atoms with Crippen molar-refractivity contribution in [2.24, 2.45) is 5.92 Å². The van der Waals surface area contributed by atoms with Crippen LogP contribution in [0.3, 0.4) is 0 Å². The lowest BCUT2D eigenvalue weighted by molar-refractivity contribution is 0.0741. The molecule has 186 valence electrons. The third-order valence-corrected chi connectivity index (χ3v) is 7.67. The van der Waals surface area contributed by atoms with E-state index in [1.807, 2.05) is 18.7 Å². The van der Waals surface area contributed by atoms with Crippen LogP contribution in [0.5, 0.6) is 5.75 Å². The summed E-state index contributed by atoms with van der Waals surface area (Å²) in [6.07, 6.45) is 2.03.